The maximum absolute atomic E-state index is 6.05. The highest BCUT2D eigenvalue weighted by Gasteiger charge is 2.37. The van der Waals surface area contributed by atoms with Crippen LogP contribution in [0, 0.1) is 0 Å². The van der Waals surface area contributed by atoms with Crippen molar-refractivity contribution in [3.63, 3.8) is 0 Å². The van der Waals surface area contributed by atoms with E-state index in [0.29, 0.717) is 6.61 Å². The summed E-state index contributed by atoms with van der Waals surface area (Å²) in [4.78, 5) is 0. The summed E-state index contributed by atoms with van der Waals surface area (Å²) >= 11 is 0. The summed E-state index contributed by atoms with van der Waals surface area (Å²) in [6.45, 7) is 4.75. The van der Waals surface area contributed by atoms with Gasteiger partial charge in [0, 0.05) is 46.3 Å². The molecule has 6 heteroatoms. The zero-order chi connectivity index (χ0) is 17.6. The molecule has 1 aromatic carbocycles. The van der Waals surface area contributed by atoms with E-state index in [1.165, 1.54) is 5.56 Å². The average Bonchev–Trinajstić information content (AvgIpc) is 2.59. The van der Waals surface area contributed by atoms with Crippen LogP contribution in [-0.2, 0) is 31.0 Å². The molecule has 5 nitrogen and oxygen atoms in total. The standard InChI is InChI=1S/C18H30O5Si/c1-6-11-18(2)22-14-16-13-15(9-10-17(16)23-18)8-7-12-24(19-3,20-4)21-5/h9-10,13H,6-8,11-12,14H2,1-5H3. The Bertz CT molecular complexity index is 524. The quantitative estimate of drug-likeness (QED) is 0.629. The zero-order valence-electron chi connectivity index (χ0n) is 15.5. The molecule has 0 spiro atoms. The Morgan fingerprint density at radius 3 is 2.50 bits per heavy atom. The first-order valence-corrected chi connectivity index (χ1v) is 10.5. The van der Waals surface area contributed by atoms with Gasteiger partial charge in [-0.1, -0.05) is 13.0 Å². The summed E-state index contributed by atoms with van der Waals surface area (Å²) < 4.78 is 28.4. The van der Waals surface area contributed by atoms with E-state index in [1.807, 2.05) is 6.92 Å². The molecular weight excluding hydrogens is 324 g/mol. The van der Waals surface area contributed by atoms with Gasteiger partial charge in [0.15, 0.2) is 0 Å². The van der Waals surface area contributed by atoms with Crippen LogP contribution >= 0.6 is 0 Å². The summed E-state index contributed by atoms with van der Waals surface area (Å²) in [7, 11) is 2.48. The monoisotopic (exact) mass is 354 g/mol. The molecule has 1 atom stereocenters. The number of benzene rings is 1. The Balaban J connectivity index is 1.95. The number of hydrogen-bond acceptors (Lipinski definition) is 5. The van der Waals surface area contributed by atoms with E-state index >= 15 is 0 Å². The second-order valence-electron chi connectivity index (χ2n) is 6.37. The Hall–Kier alpha value is -0.923. The second-order valence-corrected chi connectivity index (χ2v) is 9.46. The SMILES string of the molecule is CCCC1(C)OCc2cc(CCC[Si](OC)(OC)OC)ccc2O1. The van der Waals surface area contributed by atoms with E-state index in [9.17, 15) is 0 Å². The first-order chi connectivity index (χ1) is 11.5. The molecular formula is C18H30O5Si. The van der Waals surface area contributed by atoms with E-state index in [1.54, 1.807) is 21.3 Å². The normalized spacial score (nSPS) is 20.5. The van der Waals surface area contributed by atoms with Gasteiger partial charge in [-0.3, -0.25) is 0 Å². The molecule has 136 valence electrons. The molecule has 1 aromatic rings. The van der Waals surface area contributed by atoms with Crippen molar-refractivity contribution >= 4 is 8.80 Å². The zero-order valence-corrected chi connectivity index (χ0v) is 16.5. The molecule has 0 fully saturated rings. The van der Waals surface area contributed by atoms with Crippen molar-refractivity contribution in [2.24, 2.45) is 0 Å². The maximum atomic E-state index is 6.05. The molecule has 1 heterocycles. The van der Waals surface area contributed by atoms with Gasteiger partial charge in [-0.15, -0.1) is 0 Å². The van der Waals surface area contributed by atoms with Crippen molar-refractivity contribution in [1.29, 1.82) is 0 Å². The van der Waals surface area contributed by atoms with Crippen LogP contribution in [0.4, 0.5) is 0 Å². The van der Waals surface area contributed by atoms with E-state index in [2.05, 4.69) is 25.1 Å². The van der Waals surface area contributed by atoms with Gasteiger partial charge in [-0.05, 0) is 37.0 Å². The third kappa shape index (κ3) is 4.58. The second kappa shape index (κ2) is 8.45. The molecule has 0 bridgehead atoms. The molecule has 1 aliphatic heterocycles. The van der Waals surface area contributed by atoms with Crippen LogP contribution in [0.2, 0.25) is 6.04 Å². The molecule has 0 amide bonds. The fourth-order valence-electron chi connectivity index (χ4n) is 3.14. The molecule has 1 aliphatic rings. The number of ether oxygens (including phenoxy) is 2. The summed E-state index contributed by atoms with van der Waals surface area (Å²) in [5.74, 6) is 0.444. The lowest BCUT2D eigenvalue weighted by molar-refractivity contribution is -0.197. The summed E-state index contributed by atoms with van der Waals surface area (Å²) in [6.07, 6.45) is 3.83. The fraction of sp³-hybridized carbons (Fsp3) is 0.667. The lowest BCUT2D eigenvalue weighted by atomic mass is 10.0. The van der Waals surface area contributed by atoms with E-state index in [-0.39, 0.29) is 0 Å². The van der Waals surface area contributed by atoms with Gasteiger partial charge in [-0.25, -0.2) is 0 Å². The summed E-state index contributed by atoms with van der Waals surface area (Å²) in [5.41, 5.74) is 2.39. The number of hydrogen-bond donors (Lipinski definition) is 0. The first kappa shape index (κ1) is 19.4. The Kier molecular flexibility index (Phi) is 6.83. The van der Waals surface area contributed by atoms with Crippen molar-refractivity contribution in [2.75, 3.05) is 21.3 Å². The molecule has 0 radical (unpaired) electrons. The highest BCUT2D eigenvalue weighted by Crippen LogP contribution is 2.34. The van der Waals surface area contributed by atoms with E-state index < -0.39 is 14.6 Å². The Morgan fingerprint density at radius 2 is 1.88 bits per heavy atom. The molecule has 0 saturated carbocycles. The number of rotatable bonds is 9. The minimum Gasteiger partial charge on any atom is -0.462 e. The lowest BCUT2D eigenvalue weighted by Gasteiger charge is -2.35. The van der Waals surface area contributed by atoms with Crippen LogP contribution in [0.1, 0.15) is 44.2 Å². The van der Waals surface area contributed by atoms with Crippen LogP contribution in [0.25, 0.3) is 0 Å². The van der Waals surface area contributed by atoms with Gasteiger partial charge < -0.3 is 22.8 Å². The van der Waals surface area contributed by atoms with Crippen LogP contribution in [-0.4, -0.2) is 35.9 Å². The van der Waals surface area contributed by atoms with Crippen molar-refractivity contribution in [1.82, 2.24) is 0 Å². The number of fused-ring (bicyclic) bond motifs is 1. The van der Waals surface area contributed by atoms with Gasteiger partial charge in [0.1, 0.15) is 5.75 Å². The largest absolute Gasteiger partial charge is 0.500 e. The summed E-state index contributed by atoms with van der Waals surface area (Å²) in [6, 6.07) is 7.17. The van der Waals surface area contributed by atoms with Gasteiger partial charge in [0.05, 0.1) is 6.61 Å². The van der Waals surface area contributed by atoms with Gasteiger partial charge in [-0.2, -0.15) is 0 Å². The molecule has 2 rings (SSSR count). The highest BCUT2D eigenvalue weighted by atomic mass is 28.4. The fourth-order valence-corrected chi connectivity index (χ4v) is 4.86. The van der Waals surface area contributed by atoms with Crippen molar-refractivity contribution in [3.05, 3.63) is 29.3 Å². The third-order valence-corrected chi connectivity index (χ3v) is 7.40. The third-order valence-electron chi connectivity index (χ3n) is 4.57. The minimum atomic E-state index is -2.48. The molecule has 0 saturated heterocycles. The van der Waals surface area contributed by atoms with Crippen molar-refractivity contribution in [2.45, 2.75) is 58.0 Å². The first-order valence-electron chi connectivity index (χ1n) is 8.60. The van der Waals surface area contributed by atoms with Crippen LogP contribution in [0.5, 0.6) is 5.75 Å². The van der Waals surface area contributed by atoms with Crippen LogP contribution < -0.4 is 4.74 Å². The molecule has 1 unspecified atom stereocenters. The van der Waals surface area contributed by atoms with Gasteiger partial charge >= 0.3 is 8.80 Å². The molecule has 0 aromatic heterocycles. The molecule has 0 aliphatic carbocycles. The Labute approximate surface area is 146 Å². The highest BCUT2D eigenvalue weighted by molar-refractivity contribution is 6.60. The van der Waals surface area contributed by atoms with Gasteiger partial charge in [0.25, 0.3) is 0 Å². The predicted octanol–water partition coefficient (Wildman–Crippen LogP) is 3.92. The molecule has 0 N–H and O–H groups in total. The van der Waals surface area contributed by atoms with Crippen LogP contribution in [0.3, 0.4) is 0 Å². The topological polar surface area (TPSA) is 46.2 Å². The van der Waals surface area contributed by atoms with Gasteiger partial charge in [0.2, 0.25) is 5.79 Å². The van der Waals surface area contributed by atoms with E-state index in [0.717, 1.165) is 43.0 Å². The summed E-state index contributed by atoms with van der Waals surface area (Å²) in [5, 5.41) is 0. The maximum Gasteiger partial charge on any atom is 0.500 e. The van der Waals surface area contributed by atoms with E-state index in [4.69, 9.17) is 22.8 Å². The minimum absolute atomic E-state index is 0.496. The predicted molar refractivity (Wildman–Crippen MR) is 95.1 cm³/mol. The lowest BCUT2D eigenvalue weighted by Crippen LogP contribution is -2.42. The smallest absolute Gasteiger partial charge is 0.462 e. The van der Waals surface area contributed by atoms with Crippen molar-refractivity contribution < 1.29 is 22.8 Å². The average molecular weight is 355 g/mol. The molecule has 24 heavy (non-hydrogen) atoms. The Morgan fingerprint density at radius 1 is 1.17 bits per heavy atom. The van der Waals surface area contributed by atoms with Crippen molar-refractivity contribution in [3.8, 4) is 5.75 Å². The van der Waals surface area contributed by atoms with Crippen LogP contribution in [0.15, 0.2) is 18.2 Å². The number of aryl methyl sites for hydroxylation is 1.